The summed E-state index contributed by atoms with van der Waals surface area (Å²) >= 11 is 0. The number of hydrogen-bond donors (Lipinski definition) is 1. The first-order valence-corrected chi connectivity index (χ1v) is 7.44. The number of aryl methyl sites for hydroxylation is 1. The third-order valence-electron chi connectivity index (χ3n) is 3.40. The number of halogens is 1. The summed E-state index contributed by atoms with van der Waals surface area (Å²) in [6, 6.07) is 13.0. The molecule has 2 aromatic carbocycles. The van der Waals surface area contributed by atoms with Gasteiger partial charge in [0.2, 0.25) is 0 Å². The lowest BCUT2D eigenvalue weighted by Gasteiger charge is -2.15. The molecular formula is C19H19FN2O2. The van der Waals surface area contributed by atoms with Gasteiger partial charge >= 0.3 is 0 Å². The first-order valence-electron chi connectivity index (χ1n) is 7.44. The van der Waals surface area contributed by atoms with Crippen LogP contribution in [0, 0.1) is 12.7 Å². The summed E-state index contributed by atoms with van der Waals surface area (Å²) in [6.07, 6.45) is 1.34. The first kappa shape index (κ1) is 17.4. The molecule has 0 spiro atoms. The molecule has 0 saturated heterocycles. The van der Waals surface area contributed by atoms with Gasteiger partial charge in [-0.2, -0.15) is 0 Å². The third kappa shape index (κ3) is 4.29. The quantitative estimate of drug-likeness (QED) is 0.878. The Bertz CT molecular complexity index is 780. The molecule has 4 nitrogen and oxygen atoms in total. The molecule has 24 heavy (non-hydrogen) atoms. The summed E-state index contributed by atoms with van der Waals surface area (Å²) in [5.41, 5.74) is 1.69. The fraction of sp³-hybridized carbons (Fsp3) is 0.158. The molecular weight excluding hydrogens is 307 g/mol. The average molecular weight is 326 g/mol. The van der Waals surface area contributed by atoms with Gasteiger partial charge in [0.05, 0.1) is 0 Å². The Balaban J connectivity index is 2.33. The minimum Gasteiger partial charge on any atom is -0.344 e. The SMILES string of the molecule is Cc1ccc(C(=O)N/C(=C\c2ccccc2F)C(=O)N(C)C)cc1. The molecule has 2 rings (SSSR count). The van der Waals surface area contributed by atoms with Crippen LogP contribution >= 0.6 is 0 Å². The normalized spacial score (nSPS) is 11.1. The predicted octanol–water partition coefficient (Wildman–Crippen LogP) is 2.99. The maximum atomic E-state index is 13.8. The summed E-state index contributed by atoms with van der Waals surface area (Å²) in [5, 5.41) is 2.57. The molecule has 0 aromatic heterocycles. The van der Waals surface area contributed by atoms with Crippen molar-refractivity contribution in [3.8, 4) is 0 Å². The zero-order chi connectivity index (χ0) is 17.7. The van der Waals surface area contributed by atoms with E-state index in [1.54, 1.807) is 38.4 Å². The second-order valence-electron chi connectivity index (χ2n) is 5.60. The van der Waals surface area contributed by atoms with Crippen LogP contribution < -0.4 is 5.32 Å². The van der Waals surface area contributed by atoms with Gasteiger partial charge in [-0.15, -0.1) is 0 Å². The Morgan fingerprint density at radius 2 is 1.67 bits per heavy atom. The Morgan fingerprint density at radius 3 is 2.25 bits per heavy atom. The number of carbonyl (C=O) groups is 2. The van der Waals surface area contributed by atoms with E-state index < -0.39 is 17.6 Å². The number of nitrogens with zero attached hydrogens (tertiary/aromatic N) is 1. The fourth-order valence-electron chi connectivity index (χ4n) is 2.04. The van der Waals surface area contributed by atoms with Crippen LogP contribution in [0.15, 0.2) is 54.2 Å². The second kappa shape index (κ2) is 7.55. The highest BCUT2D eigenvalue weighted by Crippen LogP contribution is 2.12. The molecule has 0 aliphatic rings. The van der Waals surface area contributed by atoms with E-state index in [-0.39, 0.29) is 11.3 Å². The van der Waals surface area contributed by atoms with Crippen molar-refractivity contribution in [2.75, 3.05) is 14.1 Å². The first-order chi connectivity index (χ1) is 11.4. The van der Waals surface area contributed by atoms with Gasteiger partial charge in [0.1, 0.15) is 11.5 Å². The summed E-state index contributed by atoms with van der Waals surface area (Å²) < 4.78 is 13.8. The molecule has 2 aromatic rings. The molecule has 2 amide bonds. The minimum absolute atomic E-state index is 0.00988. The molecule has 5 heteroatoms. The van der Waals surface area contributed by atoms with E-state index in [1.807, 2.05) is 19.1 Å². The maximum absolute atomic E-state index is 13.8. The summed E-state index contributed by atoms with van der Waals surface area (Å²) in [6.45, 7) is 1.92. The summed E-state index contributed by atoms with van der Waals surface area (Å²) in [5.74, 6) is -1.31. The van der Waals surface area contributed by atoms with Crippen LogP contribution in [-0.2, 0) is 4.79 Å². The second-order valence-corrected chi connectivity index (χ2v) is 5.60. The molecule has 1 N–H and O–H groups in total. The molecule has 0 bridgehead atoms. The lowest BCUT2D eigenvalue weighted by atomic mass is 10.1. The topological polar surface area (TPSA) is 49.4 Å². The van der Waals surface area contributed by atoms with E-state index in [0.717, 1.165) is 5.56 Å². The molecule has 0 atom stereocenters. The zero-order valence-electron chi connectivity index (χ0n) is 13.8. The number of nitrogens with one attached hydrogen (secondary N) is 1. The lowest BCUT2D eigenvalue weighted by molar-refractivity contribution is -0.124. The highest BCUT2D eigenvalue weighted by atomic mass is 19.1. The van der Waals surface area contributed by atoms with Crippen LogP contribution in [0.25, 0.3) is 6.08 Å². The van der Waals surface area contributed by atoms with Crippen molar-refractivity contribution < 1.29 is 14.0 Å². The lowest BCUT2D eigenvalue weighted by Crippen LogP contribution is -2.34. The van der Waals surface area contributed by atoms with Crippen molar-refractivity contribution in [3.05, 3.63) is 76.7 Å². The number of likely N-dealkylation sites (N-methyl/N-ethyl adjacent to an activating group) is 1. The Kier molecular flexibility index (Phi) is 5.47. The number of benzene rings is 2. The fourth-order valence-corrected chi connectivity index (χ4v) is 2.04. The van der Waals surface area contributed by atoms with Gasteiger partial charge in [-0.25, -0.2) is 4.39 Å². The van der Waals surface area contributed by atoms with E-state index in [4.69, 9.17) is 0 Å². The maximum Gasteiger partial charge on any atom is 0.269 e. The number of amides is 2. The van der Waals surface area contributed by atoms with Gasteiger partial charge in [-0.3, -0.25) is 9.59 Å². The summed E-state index contributed by atoms with van der Waals surface area (Å²) in [7, 11) is 3.13. The minimum atomic E-state index is -0.467. The molecule has 0 unspecified atom stereocenters. The average Bonchev–Trinajstić information content (AvgIpc) is 2.56. The largest absolute Gasteiger partial charge is 0.344 e. The van der Waals surface area contributed by atoms with Crippen molar-refractivity contribution in [1.82, 2.24) is 10.2 Å². The van der Waals surface area contributed by atoms with Crippen LogP contribution in [0.2, 0.25) is 0 Å². The highest BCUT2D eigenvalue weighted by Gasteiger charge is 2.16. The highest BCUT2D eigenvalue weighted by molar-refractivity contribution is 6.05. The van der Waals surface area contributed by atoms with Crippen LogP contribution in [0.1, 0.15) is 21.5 Å². The van der Waals surface area contributed by atoms with E-state index in [9.17, 15) is 14.0 Å². The Hall–Kier alpha value is -2.95. The Labute approximate surface area is 140 Å². The van der Waals surface area contributed by atoms with Crippen LogP contribution in [0.3, 0.4) is 0 Å². The number of hydrogen-bond acceptors (Lipinski definition) is 2. The van der Waals surface area contributed by atoms with E-state index in [2.05, 4.69) is 5.32 Å². The van der Waals surface area contributed by atoms with E-state index in [1.165, 1.54) is 23.1 Å². The molecule has 0 fully saturated rings. The van der Waals surface area contributed by atoms with Crippen molar-refractivity contribution in [2.45, 2.75) is 6.92 Å². The van der Waals surface area contributed by atoms with E-state index in [0.29, 0.717) is 5.56 Å². The van der Waals surface area contributed by atoms with Crippen molar-refractivity contribution >= 4 is 17.9 Å². The molecule has 124 valence electrons. The number of carbonyl (C=O) groups excluding carboxylic acids is 2. The van der Waals surface area contributed by atoms with Crippen LogP contribution in [0.5, 0.6) is 0 Å². The van der Waals surface area contributed by atoms with Gasteiger partial charge in [0.25, 0.3) is 11.8 Å². The van der Waals surface area contributed by atoms with Crippen molar-refractivity contribution in [2.24, 2.45) is 0 Å². The van der Waals surface area contributed by atoms with Crippen molar-refractivity contribution in [1.29, 1.82) is 0 Å². The summed E-state index contributed by atoms with van der Waals surface area (Å²) in [4.78, 5) is 26.0. The van der Waals surface area contributed by atoms with Crippen LogP contribution in [0.4, 0.5) is 4.39 Å². The molecule has 0 aliphatic carbocycles. The van der Waals surface area contributed by atoms with Gasteiger partial charge in [0.15, 0.2) is 0 Å². The van der Waals surface area contributed by atoms with E-state index >= 15 is 0 Å². The van der Waals surface area contributed by atoms with Crippen molar-refractivity contribution in [3.63, 3.8) is 0 Å². The molecule has 0 saturated carbocycles. The number of rotatable bonds is 4. The molecule has 0 radical (unpaired) electrons. The monoisotopic (exact) mass is 326 g/mol. The molecule has 0 heterocycles. The van der Waals surface area contributed by atoms with Gasteiger partial charge in [0, 0.05) is 25.2 Å². The smallest absolute Gasteiger partial charge is 0.269 e. The van der Waals surface area contributed by atoms with Gasteiger partial charge in [-0.1, -0.05) is 35.9 Å². The Morgan fingerprint density at radius 1 is 1.04 bits per heavy atom. The zero-order valence-corrected chi connectivity index (χ0v) is 13.8. The molecule has 0 aliphatic heterocycles. The standard InChI is InChI=1S/C19H19FN2O2/c1-13-8-10-14(11-9-13)18(23)21-17(19(24)22(2)3)12-15-6-4-5-7-16(15)20/h4-12H,1-3H3,(H,21,23)/b17-12-. The van der Waals surface area contributed by atoms with Crippen LogP contribution in [-0.4, -0.2) is 30.8 Å². The predicted molar refractivity (Wildman–Crippen MR) is 91.7 cm³/mol. The third-order valence-corrected chi connectivity index (χ3v) is 3.40. The van der Waals surface area contributed by atoms with Gasteiger partial charge in [-0.05, 0) is 31.2 Å². The van der Waals surface area contributed by atoms with Gasteiger partial charge < -0.3 is 10.2 Å².